The molecule has 4 aliphatic carbocycles. The second kappa shape index (κ2) is 18.5. The van der Waals surface area contributed by atoms with Crippen molar-refractivity contribution >= 4 is 31.8 Å². The normalized spacial score (nSPS) is 23.4. The fourth-order valence-electron chi connectivity index (χ4n) is 9.36. The third kappa shape index (κ3) is 9.14. The molecule has 3 aromatic rings. The van der Waals surface area contributed by atoms with Crippen LogP contribution in [0.5, 0.6) is 0 Å². The molecular weight excluding hydrogens is 622 g/mol. The van der Waals surface area contributed by atoms with Crippen LogP contribution in [-0.4, -0.2) is 17.0 Å². The number of hydrogen-bond donors (Lipinski definition) is 0. The molecule has 0 bridgehead atoms. The molecule has 4 saturated carbocycles. The summed E-state index contributed by atoms with van der Waals surface area (Å²) in [5.74, 6) is 1.59. The van der Waals surface area contributed by atoms with Crippen LogP contribution in [0.3, 0.4) is 0 Å². The molecule has 3 atom stereocenters. The molecule has 0 spiro atoms. The van der Waals surface area contributed by atoms with Crippen molar-refractivity contribution in [2.75, 3.05) is 0 Å². The fourth-order valence-corrected chi connectivity index (χ4v) is 16.5. The molecule has 0 N–H and O–H groups in total. The molecule has 0 radical (unpaired) electrons. The van der Waals surface area contributed by atoms with Gasteiger partial charge >= 0.3 is 0 Å². The standard InChI is InChI=1S/C37H48P2.C5H10.Fe/c1-29(38(30-17-6-2-7-18-30)31-19-8-3-9-20-31)34-26-16-27-35(34)36-25-14-15-28-37(36)39(32-21-10-4-11-22-32)33-23-12-5-13-24-33;1-2-4-5-3-1;/h4-5,10-15,21-25,28-31,34-35H,2-3,6-9,16-20,26-27H2,1H3;1-5H2;/t29-,34?,35?;;/m0../s1. The zero-order valence-corrected chi connectivity index (χ0v) is 30.8. The van der Waals surface area contributed by atoms with Crippen LogP contribution in [0.15, 0.2) is 84.9 Å². The van der Waals surface area contributed by atoms with Gasteiger partial charge < -0.3 is 0 Å². The Morgan fingerprint density at radius 3 is 1.44 bits per heavy atom. The Morgan fingerprint density at radius 2 is 0.933 bits per heavy atom. The zero-order valence-electron chi connectivity index (χ0n) is 27.9. The van der Waals surface area contributed by atoms with Gasteiger partial charge in [0.15, 0.2) is 0 Å². The molecule has 244 valence electrons. The van der Waals surface area contributed by atoms with Crippen LogP contribution in [0.2, 0.25) is 0 Å². The van der Waals surface area contributed by atoms with Gasteiger partial charge in [-0.15, -0.1) is 0 Å². The van der Waals surface area contributed by atoms with Gasteiger partial charge in [-0.25, -0.2) is 0 Å². The zero-order chi connectivity index (χ0) is 30.0. The van der Waals surface area contributed by atoms with Crippen LogP contribution in [0, 0.1) is 5.92 Å². The Bertz CT molecular complexity index is 1160. The maximum atomic E-state index is 2.75. The van der Waals surface area contributed by atoms with Crippen LogP contribution in [-0.2, 0) is 17.1 Å². The first kappa shape index (κ1) is 35.3. The summed E-state index contributed by atoms with van der Waals surface area (Å²) in [6.07, 6.45) is 26.9. The molecule has 0 heterocycles. The largest absolute Gasteiger partial charge is 0.0971 e. The van der Waals surface area contributed by atoms with Crippen LogP contribution >= 0.6 is 15.8 Å². The van der Waals surface area contributed by atoms with Crippen molar-refractivity contribution in [2.24, 2.45) is 5.92 Å². The van der Waals surface area contributed by atoms with Crippen molar-refractivity contribution in [1.82, 2.24) is 0 Å². The van der Waals surface area contributed by atoms with Crippen molar-refractivity contribution in [3.8, 4) is 0 Å². The van der Waals surface area contributed by atoms with Gasteiger partial charge in [0.25, 0.3) is 0 Å². The number of hydrogen-bond acceptors (Lipinski definition) is 0. The van der Waals surface area contributed by atoms with E-state index in [0.29, 0.717) is 0 Å². The van der Waals surface area contributed by atoms with Crippen molar-refractivity contribution in [1.29, 1.82) is 0 Å². The van der Waals surface area contributed by atoms with Gasteiger partial charge in [-0.05, 0) is 96.7 Å². The van der Waals surface area contributed by atoms with Crippen LogP contribution < -0.4 is 15.9 Å². The van der Waals surface area contributed by atoms with E-state index in [0.717, 1.165) is 28.8 Å². The molecule has 3 aromatic carbocycles. The van der Waals surface area contributed by atoms with E-state index >= 15 is 0 Å². The molecule has 0 nitrogen and oxygen atoms in total. The van der Waals surface area contributed by atoms with Crippen LogP contribution in [0.1, 0.15) is 134 Å². The third-order valence-electron chi connectivity index (χ3n) is 11.5. The SMILES string of the molecule is C1CCCC1.C[C@@H](C1CCCC1c1ccccc1P(c1ccccc1)c1ccccc1)P(C1CCCCC1)C1CCCCC1.[Fe]. The summed E-state index contributed by atoms with van der Waals surface area (Å²) < 4.78 is 0. The molecule has 2 unspecified atom stereocenters. The molecule has 4 fully saturated rings. The predicted molar refractivity (Wildman–Crippen MR) is 198 cm³/mol. The van der Waals surface area contributed by atoms with Crippen molar-refractivity contribution < 1.29 is 17.1 Å². The predicted octanol–water partition coefficient (Wildman–Crippen LogP) is 11.8. The summed E-state index contributed by atoms with van der Waals surface area (Å²) in [5.41, 5.74) is 4.70. The van der Waals surface area contributed by atoms with Gasteiger partial charge in [0.05, 0.1) is 0 Å². The Morgan fingerprint density at radius 1 is 0.489 bits per heavy atom. The molecule has 0 amide bonds. The number of rotatable bonds is 8. The Balaban J connectivity index is 0.000000609. The van der Waals surface area contributed by atoms with Crippen molar-refractivity contribution in [2.45, 2.75) is 145 Å². The van der Waals surface area contributed by atoms with Crippen LogP contribution in [0.25, 0.3) is 0 Å². The Kier molecular flexibility index (Phi) is 14.6. The summed E-state index contributed by atoms with van der Waals surface area (Å²) in [6.45, 7) is 2.75. The fraction of sp³-hybridized carbons (Fsp3) is 0.571. The first-order valence-electron chi connectivity index (χ1n) is 18.6. The van der Waals surface area contributed by atoms with E-state index in [1.807, 2.05) is 0 Å². The van der Waals surface area contributed by atoms with Crippen molar-refractivity contribution in [3.05, 3.63) is 90.5 Å². The van der Waals surface area contributed by atoms with Crippen molar-refractivity contribution in [3.63, 3.8) is 0 Å². The summed E-state index contributed by atoms with van der Waals surface area (Å²) in [6, 6.07) is 32.4. The number of benzene rings is 3. The molecule has 3 heteroatoms. The molecule has 0 aromatic heterocycles. The molecule has 7 rings (SSSR count). The van der Waals surface area contributed by atoms with E-state index in [1.54, 1.807) is 10.9 Å². The van der Waals surface area contributed by atoms with Gasteiger partial charge in [0.1, 0.15) is 0 Å². The van der Waals surface area contributed by atoms with E-state index in [9.17, 15) is 0 Å². The minimum Gasteiger partial charge on any atom is -0.0971 e. The van der Waals surface area contributed by atoms with Gasteiger partial charge in [-0.2, -0.15) is 0 Å². The van der Waals surface area contributed by atoms with Gasteiger partial charge in [0.2, 0.25) is 0 Å². The second-order valence-electron chi connectivity index (χ2n) is 14.3. The first-order valence-corrected chi connectivity index (χ1v) is 21.5. The Labute approximate surface area is 289 Å². The minimum absolute atomic E-state index is 0. The van der Waals surface area contributed by atoms with Gasteiger partial charge in [0, 0.05) is 17.1 Å². The minimum atomic E-state index is -0.556. The van der Waals surface area contributed by atoms with E-state index in [1.165, 1.54) is 126 Å². The second-order valence-corrected chi connectivity index (χ2v) is 19.7. The summed E-state index contributed by atoms with van der Waals surface area (Å²) >= 11 is 0. The first-order chi connectivity index (χ1) is 21.8. The molecule has 45 heavy (non-hydrogen) atoms. The Hall–Kier alpha value is -0.961. The van der Waals surface area contributed by atoms with Gasteiger partial charge in [-0.3, -0.25) is 0 Å². The molecule has 0 saturated heterocycles. The van der Waals surface area contributed by atoms with E-state index in [4.69, 9.17) is 0 Å². The average Bonchev–Trinajstić information content (AvgIpc) is 3.84. The maximum Gasteiger partial charge on any atom is 0 e. The molecule has 0 aliphatic heterocycles. The topological polar surface area (TPSA) is 0 Å². The third-order valence-corrected chi connectivity index (χ3v) is 18.1. The molecule has 4 aliphatic rings. The summed E-state index contributed by atoms with van der Waals surface area (Å²) in [4.78, 5) is 0. The molecular formula is C42H58FeP2. The summed E-state index contributed by atoms with van der Waals surface area (Å²) in [5, 5.41) is 4.59. The smallest absolute Gasteiger partial charge is 0 e. The van der Waals surface area contributed by atoms with E-state index in [2.05, 4.69) is 91.9 Å². The quantitative estimate of drug-likeness (QED) is 0.164. The average molecular weight is 681 g/mol. The summed E-state index contributed by atoms with van der Waals surface area (Å²) in [7, 11) is -0.449. The van der Waals surface area contributed by atoms with Gasteiger partial charge in [-0.1, -0.05) is 177 Å². The maximum absolute atomic E-state index is 2.75. The van der Waals surface area contributed by atoms with E-state index in [-0.39, 0.29) is 25.0 Å². The van der Waals surface area contributed by atoms with E-state index < -0.39 is 7.92 Å². The van der Waals surface area contributed by atoms with Crippen LogP contribution in [0.4, 0.5) is 0 Å². The monoisotopic (exact) mass is 680 g/mol.